The Kier molecular flexibility index (Phi) is 11.0. The number of nitrogens with zero attached hydrogens (tertiary/aromatic N) is 1. The molecule has 0 fully saturated rings. The summed E-state index contributed by atoms with van der Waals surface area (Å²) in [6.45, 7) is 5.16. The molecule has 0 bridgehead atoms. The summed E-state index contributed by atoms with van der Waals surface area (Å²) in [5.74, 6) is 2.22. The maximum absolute atomic E-state index is 5.88. The second-order valence-electron chi connectivity index (χ2n) is 4.87. The number of guanidine groups is 1. The number of rotatable bonds is 7. The molecule has 1 rings (SSSR count). The standard InChI is InChI=1S/C15H25N3S.HI/c1-12(2)13-7-6-8-14(11-13)18-15(16)17-9-4-5-10-19-3;/h6-8,11-12H,4-5,9-10H2,1-3H3,(H3,16,17,18);1H. The Hall–Kier alpha value is -0.430. The normalized spacial score (nSPS) is 11.3. The first kappa shape index (κ1) is 19.6. The third kappa shape index (κ3) is 7.99. The molecular formula is C15H26IN3S. The molecule has 3 N–H and O–H groups in total. The van der Waals surface area contributed by atoms with Gasteiger partial charge in [0, 0.05) is 12.2 Å². The second kappa shape index (κ2) is 11.3. The first-order chi connectivity index (χ1) is 9.13. The van der Waals surface area contributed by atoms with Gasteiger partial charge in [0.05, 0.1) is 0 Å². The molecule has 20 heavy (non-hydrogen) atoms. The average Bonchev–Trinajstić information content (AvgIpc) is 2.38. The molecule has 0 heterocycles. The summed E-state index contributed by atoms with van der Waals surface area (Å²) in [5.41, 5.74) is 8.19. The lowest BCUT2D eigenvalue weighted by Crippen LogP contribution is -2.22. The van der Waals surface area contributed by atoms with Gasteiger partial charge in [-0.15, -0.1) is 24.0 Å². The second-order valence-corrected chi connectivity index (χ2v) is 5.86. The predicted molar refractivity (Wildman–Crippen MR) is 104 cm³/mol. The minimum atomic E-state index is 0. The van der Waals surface area contributed by atoms with E-state index in [1.165, 1.54) is 17.7 Å². The van der Waals surface area contributed by atoms with E-state index in [0.717, 1.165) is 18.7 Å². The molecular weight excluding hydrogens is 381 g/mol. The van der Waals surface area contributed by atoms with Gasteiger partial charge < -0.3 is 11.1 Å². The van der Waals surface area contributed by atoms with Gasteiger partial charge >= 0.3 is 0 Å². The zero-order chi connectivity index (χ0) is 14.1. The smallest absolute Gasteiger partial charge is 0.193 e. The van der Waals surface area contributed by atoms with Crippen molar-refractivity contribution in [3.63, 3.8) is 0 Å². The summed E-state index contributed by atoms with van der Waals surface area (Å²) < 4.78 is 0. The van der Waals surface area contributed by atoms with Crippen LogP contribution in [-0.2, 0) is 0 Å². The average molecular weight is 407 g/mol. The number of unbranched alkanes of at least 4 members (excludes halogenated alkanes) is 1. The quantitative estimate of drug-likeness (QED) is 0.307. The van der Waals surface area contributed by atoms with Crippen LogP contribution < -0.4 is 11.1 Å². The number of anilines is 1. The number of hydrogen-bond donors (Lipinski definition) is 2. The van der Waals surface area contributed by atoms with Gasteiger partial charge in [-0.05, 0) is 48.5 Å². The minimum Gasteiger partial charge on any atom is -0.370 e. The minimum absolute atomic E-state index is 0. The molecule has 0 saturated carbocycles. The molecule has 0 radical (unpaired) electrons. The molecule has 0 aliphatic carbocycles. The molecule has 0 aliphatic rings. The van der Waals surface area contributed by atoms with Gasteiger partial charge in [0.2, 0.25) is 0 Å². The number of thioether (sulfide) groups is 1. The lowest BCUT2D eigenvalue weighted by molar-refractivity contribution is 0.815. The lowest BCUT2D eigenvalue weighted by Gasteiger charge is -2.09. The lowest BCUT2D eigenvalue weighted by atomic mass is 10.0. The summed E-state index contributed by atoms with van der Waals surface area (Å²) in [7, 11) is 0. The number of nitrogens with two attached hydrogens (primary N) is 1. The van der Waals surface area contributed by atoms with Crippen LogP contribution in [0.2, 0.25) is 0 Å². The summed E-state index contributed by atoms with van der Waals surface area (Å²) in [6.07, 6.45) is 4.41. The van der Waals surface area contributed by atoms with Crippen LogP contribution in [0, 0.1) is 0 Å². The van der Waals surface area contributed by atoms with E-state index < -0.39 is 0 Å². The monoisotopic (exact) mass is 407 g/mol. The van der Waals surface area contributed by atoms with E-state index >= 15 is 0 Å². The topological polar surface area (TPSA) is 50.4 Å². The van der Waals surface area contributed by atoms with Gasteiger partial charge in [0.15, 0.2) is 5.96 Å². The van der Waals surface area contributed by atoms with E-state index in [0.29, 0.717) is 11.9 Å². The van der Waals surface area contributed by atoms with Gasteiger partial charge in [-0.1, -0.05) is 26.0 Å². The van der Waals surface area contributed by atoms with Crippen molar-refractivity contribution >= 4 is 47.4 Å². The van der Waals surface area contributed by atoms with Crippen molar-refractivity contribution in [1.29, 1.82) is 0 Å². The van der Waals surface area contributed by atoms with Crippen molar-refractivity contribution < 1.29 is 0 Å². The number of benzene rings is 1. The van der Waals surface area contributed by atoms with Crippen LogP contribution in [0.1, 0.15) is 38.2 Å². The Morgan fingerprint density at radius 1 is 1.35 bits per heavy atom. The number of aliphatic imine (C=N–C) groups is 1. The molecule has 5 heteroatoms. The van der Waals surface area contributed by atoms with E-state index in [9.17, 15) is 0 Å². The summed E-state index contributed by atoms with van der Waals surface area (Å²) >= 11 is 1.87. The fraction of sp³-hybridized carbons (Fsp3) is 0.533. The molecule has 0 unspecified atom stereocenters. The Morgan fingerprint density at radius 2 is 2.10 bits per heavy atom. The highest BCUT2D eigenvalue weighted by Gasteiger charge is 2.00. The molecule has 0 spiro atoms. The molecule has 0 saturated heterocycles. The number of halogens is 1. The van der Waals surface area contributed by atoms with Gasteiger partial charge in [-0.2, -0.15) is 11.8 Å². The fourth-order valence-corrected chi connectivity index (χ4v) is 2.21. The zero-order valence-corrected chi connectivity index (χ0v) is 15.7. The van der Waals surface area contributed by atoms with E-state index in [1.807, 2.05) is 23.9 Å². The molecule has 3 nitrogen and oxygen atoms in total. The summed E-state index contributed by atoms with van der Waals surface area (Å²) in [6, 6.07) is 8.32. The first-order valence-electron chi connectivity index (χ1n) is 6.79. The highest BCUT2D eigenvalue weighted by molar-refractivity contribution is 14.0. The largest absolute Gasteiger partial charge is 0.370 e. The molecule has 0 aliphatic heterocycles. The SMILES string of the molecule is CSCCCCN=C(N)Nc1cccc(C(C)C)c1.I. The van der Waals surface area contributed by atoms with Gasteiger partial charge in [-0.3, -0.25) is 4.99 Å². The van der Waals surface area contributed by atoms with Gasteiger partial charge in [-0.25, -0.2) is 0 Å². The summed E-state index contributed by atoms with van der Waals surface area (Å²) in [4.78, 5) is 4.34. The molecule has 0 aromatic heterocycles. The van der Waals surface area contributed by atoms with Crippen LogP contribution in [0.3, 0.4) is 0 Å². The van der Waals surface area contributed by atoms with Crippen LogP contribution in [0.4, 0.5) is 5.69 Å². The van der Waals surface area contributed by atoms with E-state index in [2.05, 4.69) is 42.5 Å². The Bertz CT molecular complexity index is 408. The van der Waals surface area contributed by atoms with Gasteiger partial charge in [0.1, 0.15) is 0 Å². The van der Waals surface area contributed by atoms with Crippen molar-refractivity contribution in [2.24, 2.45) is 10.7 Å². The highest BCUT2D eigenvalue weighted by Crippen LogP contribution is 2.18. The van der Waals surface area contributed by atoms with Crippen LogP contribution in [0.25, 0.3) is 0 Å². The Labute approximate surface area is 144 Å². The molecule has 0 atom stereocenters. The Balaban J connectivity index is 0.00000361. The van der Waals surface area contributed by atoms with Crippen LogP contribution in [-0.4, -0.2) is 24.5 Å². The van der Waals surface area contributed by atoms with Crippen molar-refractivity contribution in [3.8, 4) is 0 Å². The third-order valence-corrected chi connectivity index (χ3v) is 3.56. The van der Waals surface area contributed by atoms with Crippen molar-refractivity contribution in [1.82, 2.24) is 0 Å². The first-order valence-corrected chi connectivity index (χ1v) is 8.18. The molecule has 0 amide bonds. The maximum atomic E-state index is 5.88. The maximum Gasteiger partial charge on any atom is 0.193 e. The highest BCUT2D eigenvalue weighted by atomic mass is 127. The van der Waals surface area contributed by atoms with E-state index in [1.54, 1.807) is 0 Å². The molecule has 1 aromatic carbocycles. The van der Waals surface area contributed by atoms with E-state index in [4.69, 9.17) is 5.73 Å². The van der Waals surface area contributed by atoms with Crippen LogP contribution in [0.5, 0.6) is 0 Å². The number of hydrogen-bond acceptors (Lipinski definition) is 2. The van der Waals surface area contributed by atoms with Crippen LogP contribution >= 0.6 is 35.7 Å². The molecule has 1 aromatic rings. The van der Waals surface area contributed by atoms with Crippen molar-refractivity contribution in [2.45, 2.75) is 32.6 Å². The van der Waals surface area contributed by atoms with E-state index in [-0.39, 0.29) is 24.0 Å². The molecule has 114 valence electrons. The summed E-state index contributed by atoms with van der Waals surface area (Å²) in [5, 5.41) is 3.15. The predicted octanol–water partition coefficient (Wildman–Crippen LogP) is 4.30. The van der Waals surface area contributed by atoms with Crippen LogP contribution in [0.15, 0.2) is 29.3 Å². The van der Waals surface area contributed by atoms with Crippen molar-refractivity contribution in [3.05, 3.63) is 29.8 Å². The fourth-order valence-electron chi connectivity index (χ4n) is 1.72. The third-order valence-electron chi connectivity index (χ3n) is 2.86. The number of nitrogens with one attached hydrogen (secondary N) is 1. The Morgan fingerprint density at radius 3 is 2.75 bits per heavy atom. The zero-order valence-electron chi connectivity index (χ0n) is 12.6. The van der Waals surface area contributed by atoms with Crippen molar-refractivity contribution in [2.75, 3.05) is 23.9 Å². The van der Waals surface area contributed by atoms with Gasteiger partial charge in [0.25, 0.3) is 0 Å².